The summed E-state index contributed by atoms with van der Waals surface area (Å²) in [5.74, 6) is -1.68. The second-order valence-corrected chi connectivity index (χ2v) is 7.22. The van der Waals surface area contributed by atoms with Crippen molar-refractivity contribution in [3.63, 3.8) is 0 Å². The van der Waals surface area contributed by atoms with Gasteiger partial charge in [0.15, 0.2) is 0 Å². The van der Waals surface area contributed by atoms with Gasteiger partial charge in [-0.3, -0.25) is 9.59 Å². The Balaban J connectivity index is 0. The molecule has 7 N–H and O–H groups in total. The highest BCUT2D eigenvalue weighted by molar-refractivity contribution is 5.76. The quantitative estimate of drug-likeness (QED) is 0.204. The first-order valence-corrected chi connectivity index (χ1v) is 10.4. The summed E-state index contributed by atoms with van der Waals surface area (Å²) in [6.45, 7) is 5.47. The van der Waals surface area contributed by atoms with E-state index in [0.29, 0.717) is 6.61 Å². The third-order valence-corrected chi connectivity index (χ3v) is 4.34. The number of carbonyl (C=O) groups is 2. The summed E-state index contributed by atoms with van der Waals surface area (Å²) in [5.41, 5.74) is 10.4. The van der Waals surface area contributed by atoms with Gasteiger partial charge in [-0.1, -0.05) is 64.7 Å². The molecule has 0 amide bonds. The van der Waals surface area contributed by atoms with Gasteiger partial charge in [0.1, 0.15) is 12.1 Å². The highest BCUT2D eigenvalue weighted by atomic mass is 16.5. The number of rotatable bonds is 15. The molecule has 4 atom stereocenters. The molecule has 0 fully saturated rings. The zero-order valence-electron chi connectivity index (χ0n) is 17.8. The fourth-order valence-corrected chi connectivity index (χ4v) is 2.26. The van der Waals surface area contributed by atoms with Crippen molar-refractivity contribution in [3.05, 3.63) is 0 Å². The molecule has 0 aliphatic rings. The number of nitrogens with two attached hydrogens (primary N) is 2. The molecule has 0 heterocycles. The van der Waals surface area contributed by atoms with E-state index in [4.69, 9.17) is 31.5 Å². The molecule has 0 rings (SSSR count). The Morgan fingerprint density at radius 1 is 0.786 bits per heavy atom. The topological polar surface area (TPSA) is 156 Å². The van der Waals surface area contributed by atoms with Crippen molar-refractivity contribution in [2.24, 2.45) is 11.5 Å². The van der Waals surface area contributed by atoms with E-state index in [2.05, 4.69) is 6.92 Å². The third-order valence-electron chi connectivity index (χ3n) is 4.34. The molecule has 0 spiro atoms. The second-order valence-electron chi connectivity index (χ2n) is 7.22. The molecular weight excluding hydrogens is 364 g/mol. The van der Waals surface area contributed by atoms with Gasteiger partial charge in [0.2, 0.25) is 0 Å². The van der Waals surface area contributed by atoms with Crippen LogP contribution in [0.3, 0.4) is 0 Å². The Morgan fingerprint density at radius 3 is 1.50 bits per heavy atom. The molecule has 0 aromatic heterocycles. The number of aliphatic hydroxyl groups is 2. The van der Waals surface area contributed by atoms with Crippen molar-refractivity contribution in [1.29, 1.82) is 0 Å². The van der Waals surface area contributed by atoms with Crippen LogP contribution in [0.5, 0.6) is 0 Å². The number of ether oxygens (including phenoxy) is 1. The molecule has 0 radical (unpaired) electrons. The Bertz CT molecular complexity index is 391. The zero-order valence-corrected chi connectivity index (χ0v) is 17.8. The molecular formula is C20H42N2O6. The Kier molecular flexibility index (Phi) is 19.8. The van der Waals surface area contributed by atoms with Gasteiger partial charge in [0, 0.05) is 0 Å². The maximum absolute atomic E-state index is 11.3. The van der Waals surface area contributed by atoms with Crippen LogP contribution >= 0.6 is 0 Å². The minimum Gasteiger partial charge on any atom is -0.480 e. The number of unbranched alkanes of at least 4 members (excludes halogenated alkanes) is 9. The van der Waals surface area contributed by atoms with Gasteiger partial charge in [0.25, 0.3) is 0 Å². The number of carbonyl (C=O) groups excluding carboxylic acids is 1. The molecule has 0 bridgehead atoms. The minimum atomic E-state index is -1.18. The van der Waals surface area contributed by atoms with Crippen molar-refractivity contribution in [2.45, 2.75) is 109 Å². The van der Waals surface area contributed by atoms with E-state index in [9.17, 15) is 9.59 Å². The first-order valence-electron chi connectivity index (χ1n) is 10.4. The third kappa shape index (κ3) is 18.2. The van der Waals surface area contributed by atoms with Crippen molar-refractivity contribution < 1.29 is 29.6 Å². The number of aliphatic hydroxyl groups excluding tert-OH is 2. The average molecular weight is 407 g/mol. The second kappa shape index (κ2) is 19.1. The predicted molar refractivity (Wildman–Crippen MR) is 110 cm³/mol. The molecule has 0 saturated carbocycles. The van der Waals surface area contributed by atoms with Gasteiger partial charge in [-0.25, -0.2) is 0 Å². The van der Waals surface area contributed by atoms with Crippen LogP contribution in [0.1, 0.15) is 85.0 Å². The van der Waals surface area contributed by atoms with E-state index in [-0.39, 0.29) is 0 Å². The fraction of sp³-hybridized carbons (Fsp3) is 0.900. The van der Waals surface area contributed by atoms with Crippen molar-refractivity contribution in [1.82, 2.24) is 0 Å². The van der Waals surface area contributed by atoms with Crippen LogP contribution < -0.4 is 11.5 Å². The monoisotopic (exact) mass is 406 g/mol. The summed E-state index contributed by atoms with van der Waals surface area (Å²) in [6, 6.07) is -2.08. The van der Waals surface area contributed by atoms with Gasteiger partial charge in [-0.05, 0) is 20.3 Å². The molecule has 0 aromatic rings. The molecule has 0 aromatic carbocycles. The largest absolute Gasteiger partial charge is 0.480 e. The normalized spacial score (nSPS) is 15.0. The van der Waals surface area contributed by atoms with Crippen LogP contribution in [0.2, 0.25) is 0 Å². The zero-order chi connectivity index (χ0) is 21.9. The molecule has 8 heteroatoms. The molecule has 0 saturated heterocycles. The standard InChI is InChI=1S/C16H33NO3.C4H9NO3/c1-3-4-5-6-7-8-9-10-11-12-13-20-16(19)15(17)14(2)18;1-2(6)3(5)4(7)8/h14-15,18H,3-13,17H2,1-2H3;2-3,6H,5H2,1H3,(H,7,8)/t14-,15+;2-,3+/m11/s1. The first kappa shape index (κ1) is 29.0. The van der Waals surface area contributed by atoms with Crippen LogP contribution in [0.25, 0.3) is 0 Å². The summed E-state index contributed by atoms with van der Waals surface area (Å²) < 4.78 is 5.01. The van der Waals surface area contributed by atoms with E-state index in [1.54, 1.807) is 0 Å². The van der Waals surface area contributed by atoms with Crippen molar-refractivity contribution in [3.8, 4) is 0 Å². The molecule has 8 nitrogen and oxygen atoms in total. The first-order chi connectivity index (χ1) is 13.1. The number of carboxylic acid groups (broad SMARTS) is 1. The predicted octanol–water partition coefficient (Wildman–Crippen LogP) is 1.94. The van der Waals surface area contributed by atoms with E-state index in [1.807, 2.05) is 0 Å². The fourth-order valence-electron chi connectivity index (χ4n) is 2.26. The number of aliphatic carboxylic acids is 1. The minimum absolute atomic E-state index is 0.412. The van der Waals surface area contributed by atoms with Crippen LogP contribution in [-0.2, 0) is 14.3 Å². The molecule has 0 aliphatic carbocycles. The summed E-state index contributed by atoms with van der Waals surface area (Å²) in [7, 11) is 0. The Hall–Kier alpha value is -1.22. The molecule has 28 heavy (non-hydrogen) atoms. The van der Waals surface area contributed by atoms with E-state index in [0.717, 1.165) is 12.8 Å². The van der Waals surface area contributed by atoms with E-state index >= 15 is 0 Å². The van der Waals surface area contributed by atoms with Gasteiger partial charge in [-0.2, -0.15) is 0 Å². The molecule has 168 valence electrons. The lowest BCUT2D eigenvalue weighted by Crippen LogP contribution is -2.41. The van der Waals surface area contributed by atoms with Gasteiger partial charge < -0.3 is 31.5 Å². The highest BCUT2D eigenvalue weighted by Crippen LogP contribution is 2.10. The van der Waals surface area contributed by atoms with Gasteiger partial charge >= 0.3 is 11.9 Å². The van der Waals surface area contributed by atoms with E-state index < -0.39 is 36.2 Å². The van der Waals surface area contributed by atoms with Crippen LogP contribution in [0, 0.1) is 0 Å². The molecule has 0 unspecified atom stereocenters. The number of esters is 1. The average Bonchev–Trinajstić information content (AvgIpc) is 2.64. The maximum atomic E-state index is 11.3. The highest BCUT2D eigenvalue weighted by Gasteiger charge is 2.19. The summed E-state index contributed by atoms with van der Waals surface area (Å²) >= 11 is 0. The summed E-state index contributed by atoms with van der Waals surface area (Å²) in [6.07, 6.45) is 10.7. The lowest BCUT2D eigenvalue weighted by atomic mass is 10.1. The smallest absolute Gasteiger partial charge is 0.325 e. The SMILES string of the molecule is CCCCCCCCCCCCOC(=O)[C@@H](N)[C@@H](C)O.C[C@@H](O)[C@H](N)C(=O)O. The Labute approximate surface area is 169 Å². The maximum Gasteiger partial charge on any atom is 0.325 e. The number of carboxylic acids is 1. The van der Waals surface area contributed by atoms with Crippen LogP contribution in [0.15, 0.2) is 0 Å². The lowest BCUT2D eigenvalue weighted by Gasteiger charge is -2.13. The van der Waals surface area contributed by atoms with Gasteiger partial charge in [0.05, 0.1) is 18.8 Å². The number of hydrogen-bond donors (Lipinski definition) is 5. The van der Waals surface area contributed by atoms with Gasteiger partial charge in [-0.15, -0.1) is 0 Å². The lowest BCUT2D eigenvalue weighted by molar-refractivity contribution is -0.147. The Morgan fingerprint density at radius 2 is 1.18 bits per heavy atom. The van der Waals surface area contributed by atoms with Crippen LogP contribution in [-0.4, -0.2) is 58.2 Å². The van der Waals surface area contributed by atoms with Crippen molar-refractivity contribution in [2.75, 3.05) is 6.61 Å². The van der Waals surface area contributed by atoms with E-state index in [1.165, 1.54) is 65.2 Å². The molecule has 0 aliphatic heterocycles. The number of hydrogen-bond acceptors (Lipinski definition) is 7. The summed E-state index contributed by atoms with van der Waals surface area (Å²) in [5, 5.41) is 25.7. The summed E-state index contributed by atoms with van der Waals surface area (Å²) in [4.78, 5) is 21.2. The van der Waals surface area contributed by atoms with Crippen LogP contribution in [0.4, 0.5) is 0 Å². The van der Waals surface area contributed by atoms with Crippen molar-refractivity contribution >= 4 is 11.9 Å².